The van der Waals surface area contributed by atoms with Crippen LogP contribution in [0.1, 0.15) is 26.2 Å². The van der Waals surface area contributed by atoms with E-state index in [1.807, 2.05) is 0 Å². The van der Waals surface area contributed by atoms with Crippen LogP contribution in [-0.4, -0.2) is 41.4 Å². The van der Waals surface area contributed by atoms with E-state index < -0.39 is 18.8 Å². The molecule has 1 saturated heterocycles. The first kappa shape index (κ1) is 11.8. The summed E-state index contributed by atoms with van der Waals surface area (Å²) in [5.74, 6) is 0. The highest BCUT2D eigenvalue weighted by Crippen LogP contribution is 2.24. The molecule has 1 N–H and O–H groups in total. The van der Waals surface area contributed by atoms with Crippen molar-refractivity contribution < 1.29 is 18.3 Å². The predicted octanol–water partition coefficient (Wildman–Crippen LogP) is 1.78. The van der Waals surface area contributed by atoms with Gasteiger partial charge in [0.05, 0.1) is 12.6 Å². The molecule has 0 radical (unpaired) electrons. The quantitative estimate of drug-likeness (QED) is 0.752. The van der Waals surface area contributed by atoms with E-state index in [1.54, 1.807) is 6.92 Å². The molecule has 2 nitrogen and oxygen atoms in total. The van der Waals surface area contributed by atoms with Gasteiger partial charge < -0.3 is 5.11 Å². The first-order valence-corrected chi connectivity index (χ1v) is 4.89. The maximum absolute atomic E-state index is 12.2. The van der Waals surface area contributed by atoms with E-state index in [0.717, 1.165) is 12.8 Å². The van der Waals surface area contributed by atoms with E-state index in [2.05, 4.69) is 0 Å². The summed E-state index contributed by atoms with van der Waals surface area (Å²) in [6, 6.07) is -0.328. The maximum Gasteiger partial charge on any atom is 0.401 e. The van der Waals surface area contributed by atoms with Crippen LogP contribution in [-0.2, 0) is 0 Å². The Kier molecular flexibility index (Phi) is 3.78. The first-order chi connectivity index (χ1) is 6.40. The fourth-order valence-corrected chi connectivity index (χ4v) is 1.99. The van der Waals surface area contributed by atoms with Crippen molar-refractivity contribution in [3.8, 4) is 0 Å². The van der Waals surface area contributed by atoms with Crippen LogP contribution in [0.15, 0.2) is 0 Å². The van der Waals surface area contributed by atoms with Crippen LogP contribution >= 0.6 is 0 Å². The fraction of sp³-hybridized carbons (Fsp3) is 1.00. The Balaban J connectivity index is 2.54. The maximum atomic E-state index is 12.2. The van der Waals surface area contributed by atoms with Crippen molar-refractivity contribution in [3.63, 3.8) is 0 Å². The second-order valence-corrected chi connectivity index (χ2v) is 3.89. The molecule has 1 aliphatic heterocycles. The third kappa shape index (κ3) is 3.46. The summed E-state index contributed by atoms with van der Waals surface area (Å²) in [6.07, 6.45) is -2.49. The Labute approximate surface area is 81.7 Å². The average Bonchev–Trinajstić information content (AvgIpc) is 2.01. The lowest BCUT2D eigenvalue weighted by molar-refractivity contribution is -0.158. The van der Waals surface area contributed by atoms with Crippen LogP contribution in [0, 0.1) is 0 Å². The number of aliphatic hydroxyl groups excluding tert-OH is 1. The highest BCUT2D eigenvalue weighted by atomic mass is 19.4. The predicted molar refractivity (Wildman–Crippen MR) is 46.9 cm³/mol. The van der Waals surface area contributed by atoms with Crippen molar-refractivity contribution in [3.05, 3.63) is 0 Å². The van der Waals surface area contributed by atoms with Crippen LogP contribution in [0.2, 0.25) is 0 Å². The van der Waals surface area contributed by atoms with Gasteiger partial charge in [0, 0.05) is 6.04 Å². The highest BCUT2D eigenvalue weighted by molar-refractivity contribution is 4.82. The van der Waals surface area contributed by atoms with Gasteiger partial charge in [0.2, 0.25) is 0 Å². The molecule has 1 heterocycles. The van der Waals surface area contributed by atoms with Crippen LogP contribution in [0.25, 0.3) is 0 Å². The zero-order chi connectivity index (χ0) is 10.8. The molecular weight excluding hydrogens is 195 g/mol. The molecule has 0 bridgehead atoms. The first-order valence-electron chi connectivity index (χ1n) is 4.89. The zero-order valence-electron chi connectivity index (χ0n) is 8.22. The topological polar surface area (TPSA) is 23.5 Å². The van der Waals surface area contributed by atoms with Gasteiger partial charge in [-0.1, -0.05) is 6.42 Å². The molecule has 0 aromatic rings. The summed E-state index contributed by atoms with van der Waals surface area (Å²) < 4.78 is 36.5. The lowest BCUT2D eigenvalue weighted by atomic mass is 9.98. The molecule has 5 heteroatoms. The van der Waals surface area contributed by atoms with Gasteiger partial charge in [0.25, 0.3) is 0 Å². The van der Waals surface area contributed by atoms with E-state index >= 15 is 0 Å². The second-order valence-electron chi connectivity index (χ2n) is 3.89. The standard InChI is InChI=1S/C9H16F3NO/c1-7(14)8-4-2-3-5-13(8)6-9(10,11)12/h7-8,14H,2-6H2,1H3. The molecule has 2 atom stereocenters. The summed E-state index contributed by atoms with van der Waals surface area (Å²) in [5.41, 5.74) is 0. The largest absolute Gasteiger partial charge is 0.401 e. The monoisotopic (exact) mass is 211 g/mol. The summed E-state index contributed by atoms with van der Waals surface area (Å²) in [4.78, 5) is 1.34. The van der Waals surface area contributed by atoms with Crippen molar-refractivity contribution in [1.82, 2.24) is 4.90 Å². The Bertz CT molecular complexity index is 181. The Morgan fingerprint density at radius 3 is 2.57 bits per heavy atom. The minimum Gasteiger partial charge on any atom is -0.392 e. The highest BCUT2D eigenvalue weighted by Gasteiger charge is 2.36. The summed E-state index contributed by atoms with van der Waals surface area (Å²) in [7, 11) is 0. The van der Waals surface area contributed by atoms with Gasteiger partial charge in [-0.15, -0.1) is 0 Å². The lowest BCUT2D eigenvalue weighted by Gasteiger charge is -2.37. The van der Waals surface area contributed by atoms with Gasteiger partial charge >= 0.3 is 6.18 Å². The van der Waals surface area contributed by atoms with Gasteiger partial charge in [0.15, 0.2) is 0 Å². The Hall–Kier alpha value is -0.290. The number of likely N-dealkylation sites (tertiary alicyclic amines) is 1. The van der Waals surface area contributed by atoms with Gasteiger partial charge in [0.1, 0.15) is 0 Å². The zero-order valence-corrected chi connectivity index (χ0v) is 8.22. The summed E-state index contributed by atoms with van der Waals surface area (Å²) >= 11 is 0. The number of halogens is 3. The minimum absolute atomic E-state index is 0.328. The van der Waals surface area contributed by atoms with Gasteiger partial charge in [-0.25, -0.2) is 0 Å². The molecule has 0 spiro atoms. The Morgan fingerprint density at radius 2 is 2.07 bits per heavy atom. The summed E-state index contributed by atoms with van der Waals surface area (Å²) in [6.45, 7) is 1.09. The van der Waals surface area contributed by atoms with Gasteiger partial charge in [-0.3, -0.25) is 4.90 Å². The van der Waals surface area contributed by atoms with Crippen LogP contribution in [0.5, 0.6) is 0 Å². The van der Waals surface area contributed by atoms with Gasteiger partial charge in [-0.2, -0.15) is 13.2 Å². The normalized spacial score (nSPS) is 27.6. The molecule has 1 fully saturated rings. The third-order valence-electron chi connectivity index (χ3n) is 2.60. The third-order valence-corrected chi connectivity index (χ3v) is 2.60. The molecule has 1 aliphatic rings. The number of piperidine rings is 1. The molecule has 14 heavy (non-hydrogen) atoms. The average molecular weight is 211 g/mol. The minimum atomic E-state index is -4.16. The number of hydrogen-bond acceptors (Lipinski definition) is 2. The molecule has 1 rings (SSSR count). The van der Waals surface area contributed by atoms with Crippen molar-refractivity contribution >= 4 is 0 Å². The number of nitrogens with zero attached hydrogens (tertiary/aromatic N) is 1. The Morgan fingerprint density at radius 1 is 1.43 bits per heavy atom. The van der Waals surface area contributed by atoms with Crippen molar-refractivity contribution in [2.24, 2.45) is 0 Å². The molecule has 2 unspecified atom stereocenters. The lowest BCUT2D eigenvalue weighted by Crippen LogP contribution is -2.49. The molecule has 0 aromatic heterocycles. The van der Waals surface area contributed by atoms with E-state index in [1.165, 1.54) is 4.90 Å². The molecule has 84 valence electrons. The van der Waals surface area contributed by atoms with E-state index in [4.69, 9.17) is 0 Å². The second kappa shape index (κ2) is 4.49. The number of aliphatic hydroxyl groups is 1. The summed E-state index contributed by atoms with van der Waals surface area (Å²) in [5, 5.41) is 9.34. The van der Waals surface area contributed by atoms with Crippen LogP contribution in [0.3, 0.4) is 0 Å². The fourth-order valence-electron chi connectivity index (χ4n) is 1.99. The molecular formula is C9H16F3NO. The van der Waals surface area contributed by atoms with Crippen molar-refractivity contribution in [1.29, 1.82) is 0 Å². The number of rotatable bonds is 2. The smallest absolute Gasteiger partial charge is 0.392 e. The molecule has 0 aromatic carbocycles. The molecule has 0 amide bonds. The van der Waals surface area contributed by atoms with Crippen LogP contribution < -0.4 is 0 Å². The van der Waals surface area contributed by atoms with Gasteiger partial charge in [-0.05, 0) is 26.3 Å². The van der Waals surface area contributed by atoms with Crippen molar-refractivity contribution in [2.45, 2.75) is 44.5 Å². The van der Waals surface area contributed by atoms with Crippen LogP contribution in [0.4, 0.5) is 13.2 Å². The number of hydrogen-bond donors (Lipinski definition) is 1. The SMILES string of the molecule is CC(O)C1CCCCN1CC(F)(F)F. The number of alkyl halides is 3. The van der Waals surface area contributed by atoms with E-state index in [-0.39, 0.29) is 6.04 Å². The molecule has 0 saturated carbocycles. The molecule has 0 aliphatic carbocycles. The van der Waals surface area contributed by atoms with E-state index in [9.17, 15) is 18.3 Å². The van der Waals surface area contributed by atoms with Crippen molar-refractivity contribution in [2.75, 3.05) is 13.1 Å². The van der Waals surface area contributed by atoms with E-state index in [0.29, 0.717) is 13.0 Å².